The predicted octanol–water partition coefficient (Wildman–Crippen LogP) is 1.98. The van der Waals surface area contributed by atoms with Crippen molar-refractivity contribution < 1.29 is 14.2 Å². The smallest absolute Gasteiger partial charge is 0.322 e. The number of hydrogen-bond donors (Lipinski definition) is 0. The molecule has 0 saturated carbocycles. The Morgan fingerprint density at radius 2 is 1.68 bits per heavy atom. The molecule has 3 rings (SSSR count). The average Bonchev–Trinajstić information content (AvgIpc) is 3.07. The van der Waals surface area contributed by atoms with Gasteiger partial charge >= 0.3 is 12.0 Å². The molecule has 0 N–H and O–H groups in total. The van der Waals surface area contributed by atoms with Crippen LogP contribution in [0.15, 0.2) is 30.7 Å². The maximum absolute atomic E-state index is 5.53. The molecule has 2 heterocycles. The van der Waals surface area contributed by atoms with Gasteiger partial charge in [0.25, 0.3) is 0 Å². The van der Waals surface area contributed by atoms with Gasteiger partial charge in [-0.25, -0.2) is 4.98 Å². The second-order valence-corrected chi connectivity index (χ2v) is 5.33. The zero-order valence-electron chi connectivity index (χ0n) is 14.6. The highest BCUT2D eigenvalue weighted by Gasteiger charge is 2.11. The highest BCUT2D eigenvalue weighted by atomic mass is 16.5. The molecule has 0 fully saturated rings. The second kappa shape index (κ2) is 7.16. The molecule has 0 unspecified atom stereocenters. The molecule has 0 aliphatic rings. The van der Waals surface area contributed by atoms with Crippen molar-refractivity contribution in [3.8, 4) is 23.5 Å². The summed E-state index contributed by atoms with van der Waals surface area (Å²) in [6.07, 6.45) is 4.20. The minimum Gasteiger partial charge on any atom is -0.495 e. The molecule has 0 radical (unpaired) electrons. The van der Waals surface area contributed by atoms with Crippen molar-refractivity contribution in [2.75, 3.05) is 21.3 Å². The number of benzene rings is 1. The Hall–Kier alpha value is -3.16. The van der Waals surface area contributed by atoms with Crippen molar-refractivity contribution in [2.45, 2.75) is 13.3 Å². The first kappa shape index (κ1) is 16.7. The van der Waals surface area contributed by atoms with Crippen LogP contribution < -0.4 is 14.2 Å². The normalized spacial score (nSPS) is 10.6. The maximum Gasteiger partial charge on any atom is 0.322 e. The Morgan fingerprint density at radius 3 is 2.24 bits per heavy atom. The zero-order chi connectivity index (χ0) is 17.8. The topological polar surface area (TPSA) is 84.2 Å². The number of methoxy groups -OCH3 is 3. The van der Waals surface area contributed by atoms with Gasteiger partial charge in [-0.15, -0.1) is 4.98 Å². The first-order valence-electron chi connectivity index (χ1n) is 7.63. The Bertz CT molecular complexity index is 856. The van der Waals surface area contributed by atoms with Crippen LogP contribution in [0.2, 0.25) is 0 Å². The molecule has 0 aliphatic carbocycles. The van der Waals surface area contributed by atoms with Crippen LogP contribution in [0.25, 0.3) is 5.69 Å². The lowest BCUT2D eigenvalue weighted by Crippen LogP contribution is -2.05. The summed E-state index contributed by atoms with van der Waals surface area (Å²) in [7, 11) is 4.65. The quantitative estimate of drug-likeness (QED) is 0.678. The van der Waals surface area contributed by atoms with E-state index in [1.54, 1.807) is 13.4 Å². The lowest BCUT2D eigenvalue weighted by Gasteiger charge is -2.11. The third-order valence-electron chi connectivity index (χ3n) is 3.60. The number of aromatic nitrogens is 5. The van der Waals surface area contributed by atoms with Gasteiger partial charge in [-0.1, -0.05) is 6.07 Å². The first-order chi connectivity index (χ1) is 12.1. The third-order valence-corrected chi connectivity index (χ3v) is 3.60. The van der Waals surface area contributed by atoms with E-state index in [1.807, 2.05) is 35.9 Å². The molecule has 1 aromatic carbocycles. The van der Waals surface area contributed by atoms with Crippen molar-refractivity contribution >= 4 is 0 Å². The van der Waals surface area contributed by atoms with Gasteiger partial charge in [-0.05, 0) is 24.6 Å². The molecular weight excluding hydrogens is 322 g/mol. The first-order valence-corrected chi connectivity index (χ1v) is 7.63. The van der Waals surface area contributed by atoms with E-state index >= 15 is 0 Å². The number of nitrogens with zero attached hydrogens (tertiary/aromatic N) is 5. The van der Waals surface area contributed by atoms with Gasteiger partial charge in [0.15, 0.2) is 0 Å². The van der Waals surface area contributed by atoms with Crippen LogP contribution in [0.1, 0.15) is 17.1 Å². The summed E-state index contributed by atoms with van der Waals surface area (Å²) in [5.74, 6) is 1.29. The van der Waals surface area contributed by atoms with Gasteiger partial charge < -0.3 is 18.8 Å². The Labute approximate surface area is 145 Å². The monoisotopic (exact) mass is 341 g/mol. The summed E-state index contributed by atoms with van der Waals surface area (Å²) in [4.78, 5) is 16.8. The van der Waals surface area contributed by atoms with E-state index in [2.05, 4.69) is 19.9 Å². The second-order valence-electron chi connectivity index (χ2n) is 5.33. The average molecular weight is 341 g/mol. The highest BCUT2D eigenvalue weighted by molar-refractivity contribution is 5.49. The number of hydrogen-bond acceptors (Lipinski definition) is 7. The minimum atomic E-state index is 0.222. The van der Waals surface area contributed by atoms with E-state index in [4.69, 9.17) is 14.2 Å². The van der Waals surface area contributed by atoms with Crippen LogP contribution in [0.4, 0.5) is 0 Å². The summed E-state index contributed by atoms with van der Waals surface area (Å²) in [6.45, 7) is 1.94. The van der Waals surface area contributed by atoms with Gasteiger partial charge in [0.1, 0.15) is 11.6 Å². The fourth-order valence-corrected chi connectivity index (χ4v) is 2.42. The molecule has 0 bridgehead atoms. The summed E-state index contributed by atoms with van der Waals surface area (Å²) in [6, 6.07) is 6.37. The SMILES string of the molecule is COc1nc(Cc2ccc(-n3cnc(C)c3)c(OC)c2)nc(OC)n1. The molecule has 0 amide bonds. The van der Waals surface area contributed by atoms with Crippen molar-refractivity contribution in [3.05, 3.63) is 47.8 Å². The summed E-state index contributed by atoms with van der Waals surface area (Å²) in [5, 5.41) is 0. The predicted molar refractivity (Wildman–Crippen MR) is 90.6 cm³/mol. The number of aryl methyl sites for hydroxylation is 1. The van der Waals surface area contributed by atoms with Crippen LogP contribution >= 0.6 is 0 Å². The fourth-order valence-electron chi connectivity index (χ4n) is 2.42. The minimum absolute atomic E-state index is 0.222. The molecule has 0 saturated heterocycles. The van der Waals surface area contributed by atoms with Gasteiger partial charge in [0, 0.05) is 12.6 Å². The van der Waals surface area contributed by atoms with Crippen LogP contribution in [0.5, 0.6) is 17.8 Å². The lowest BCUT2D eigenvalue weighted by atomic mass is 10.1. The molecular formula is C17H19N5O3. The molecule has 0 spiro atoms. The molecule has 0 atom stereocenters. The van der Waals surface area contributed by atoms with Gasteiger partial charge in [-0.3, -0.25) is 0 Å². The summed E-state index contributed by atoms with van der Waals surface area (Å²) in [5.41, 5.74) is 2.85. The van der Waals surface area contributed by atoms with E-state index in [0.717, 1.165) is 22.7 Å². The third kappa shape index (κ3) is 3.68. The molecule has 130 valence electrons. The standard InChI is InChI=1S/C17H19N5O3/c1-11-9-22(10-18-11)13-6-5-12(7-14(13)23-2)8-15-19-16(24-3)21-17(20-15)25-4/h5-7,9-10H,8H2,1-4H3. The van der Waals surface area contributed by atoms with Crippen molar-refractivity contribution in [2.24, 2.45) is 0 Å². The van der Waals surface area contributed by atoms with E-state index in [0.29, 0.717) is 12.2 Å². The lowest BCUT2D eigenvalue weighted by molar-refractivity contribution is 0.337. The number of ether oxygens (including phenoxy) is 3. The summed E-state index contributed by atoms with van der Waals surface area (Å²) < 4.78 is 17.6. The van der Waals surface area contributed by atoms with E-state index < -0.39 is 0 Å². The van der Waals surface area contributed by atoms with Crippen LogP contribution in [0.3, 0.4) is 0 Å². The van der Waals surface area contributed by atoms with Gasteiger partial charge in [0.2, 0.25) is 0 Å². The van der Waals surface area contributed by atoms with Gasteiger partial charge in [-0.2, -0.15) is 9.97 Å². The number of imidazole rings is 1. The molecule has 8 heteroatoms. The fraction of sp³-hybridized carbons (Fsp3) is 0.294. The molecule has 25 heavy (non-hydrogen) atoms. The Balaban J connectivity index is 1.91. The van der Waals surface area contributed by atoms with Crippen molar-refractivity contribution in [1.29, 1.82) is 0 Å². The Morgan fingerprint density at radius 1 is 0.960 bits per heavy atom. The Kier molecular flexibility index (Phi) is 4.78. The largest absolute Gasteiger partial charge is 0.495 e. The van der Waals surface area contributed by atoms with E-state index in [-0.39, 0.29) is 12.0 Å². The molecule has 0 aliphatic heterocycles. The molecule has 2 aromatic heterocycles. The van der Waals surface area contributed by atoms with Crippen molar-refractivity contribution in [1.82, 2.24) is 24.5 Å². The summed E-state index contributed by atoms with van der Waals surface area (Å²) >= 11 is 0. The molecule has 8 nitrogen and oxygen atoms in total. The van der Waals surface area contributed by atoms with E-state index in [9.17, 15) is 0 Å². The van der Waals surface area contributed by atoms with Gasteiger partial charge in [0.05, 0.1) is 39.0 Å². The zero-order valence-corrected chi connectivity index (χ0v) is 14.6. The molecule has 3 aromatic rings. The van der Waals surface area contributed by atoms with E-state index in [1.165, 1.54) is 14.2 Å². The highest BCUT2D eigenvalue weighted by Crippen LogP contribution is 2.25. The maximum atomic E-state index is 5.53. The van der Waals surface area contributed by atoms with Crippen LogP contribution in [-0.4, -0.2) is 45.8 Å². The van der Waals surface area contributed by atoms with Crippen molar-refractivity contribution in [3.63, 3.8) is 0 Å². The van der Waals surface area contributed by atoms with Crippen LogP contribution in [0, 0.1) is 6.92 Å². The number of rotatable bonds is 6. The van der Waals surface area contributed by atoms with Crippen LogP contribution in [-0.2, 0) is 6.42 Å².